The first kappa shape index (κ1) is 19.1. The van der Waals surface area contributed by atoms with Gasteiger partial charge >= 0.3 is 0 Å². The van der Waals surface area contributed by atoms with Crippen LogP contribution < -0.4 is 4.74 Å². The fourth-order valence-corrected chi connectivity index (χ4v) is 3.47. The second kappa shape index (κ2) is 7.64. The van der Waals surface area contributed by atoms with Crippen molar-refractivity contribution in [3.63, 3.8) is 0 Å². The summed E-state index contributed by atoms with van der Waals surface area (Å²) in [6, 6.07) is 13.8. The number of hydrogen-bond donors (Lipinski definition) is 1. The van der Waals surface area contributed by atoms with Crippen LogP contribution in [-0.4, -0.2) is 31.0 Å². The maximum atomic E-state index is 10.3. The molecule has 1 atom stereocenters. The number of aryl methyl sites for hydroxylation is 1. The van der Waals surface area contributed by atoms with Gasteiger partial charge in [0.1, 0.15) is 17.8 Å². The molecule has 4 aromatic rings. The van der Waals surface area contributed by atoms with Crippen molar-refractivity contribution in [2.24, 2.45) is 7.05 Å². The van der Waals surface area contributed by atoms with E-state index in [9.17, 15) is 5.11 Å². The molecule has 0 amide bonds. The smallest absolute Gasteiger partial charge is 0.127 e. The summed E-state index contributed by atoms with van der Waals surface area (Å²) in [5.74, 6) is 0.640. The highest BCUT2D eigenvalue weighted by molar-refractivity contribution is 5.96. The summed E-state index contributed by atoms with van der Waals surface area (Å²) in [4.78, 5) is 9.03. The van der Waals surface area contributed by atoms with Crippen molar-refractivity contribution in [2.45, 2.75) is 33.0 Å². The van der Waals surface area contributed by atoms with Gasteiger partial charge in [0.15, 0.2) is 0 Å². The van der Waals surface area contributed by atoms with E-state index in [0.29, 0.717) is 11.3 Å². The van der Waals surface area contributed by atoms with Crippen LogP contribution in [-0.2, 0) is 7.05 Å². The third-order valence-electron chi connectivity index (χ3n) is 4.71. The largest absolute Gasteiger partial charge is 0.491 e. The van der Waals surface area contributed by atoms with E-state index in [1.165, 1.54) is 0 Å². The van der Waals surface area contributed by atoms with Crippen molar-refractivity contribution < 1.29 is 9.84 Å². The highest BCUT2D eigenvalue weighted by Crippen LogP contribution is 2.37. The van der Waals surface area contributed by atoms with E-state index in [2.05, 4.69) is 15.1 Å². The second-order valence-corrected chi connectivity index (χ2v) is 7.40. The third kappa shape index (κ3) is 3.71. The zero-order valence-electron chi connectivity index (χ0n) is 17.0. The van der Waals surface area contributed by atoms with Crippen molar-refractivity contribution in [2.75, 3.05) is 0 Å². The highest BCUT2D eigenvalue weighted by atomic mass is 16.5. The van der Waals surface area contributed by atoms with Crippen LogP contribution in [0.2, 0.25) is 0 Å². The molecule has 6 nitrogen and oxygen atoms in total. The number of ether oxygens (including phenoxy) is 1. The molecule has 0 spiro atoms. The molecule has 29 heavy (non-hydrogen) atoms. The number of nitrogens with zero attached hydrogens (tertiary/aromatic N) is 4. The van der Waals surface area contributed by atoms with Crippen molar-refractivity contribution in [1.82, 2.24) is 19.7 Å². The minimum atomic E-state index is -0.677. The van der Waals surface area contributed by atoms with Crippen molar-refractivity contribution in [3.8, 4) is 28.3 Å². The molecule has 6 heteroatoms. The van der Waals surface area contributed by atoms with Gasteiger partial charge in [0, 0.05) is 41.4 Å². The van der Waals surface area contributed by atoms with Gasteiger partial charge in [-0.2, -0.15) is 5.10 Å². The molecule has 148 valence electrons. The van der Waals surface area contributed by atoms with Gasteiger partial charge in [0.05, 0.1) is 23.4 Å². The average Bonchev–Trinajstić information content (AvgIpc) is 3.08. The van der Waals surface area contributed by atoms with Crippen molar-refractivity contribution in [3.05, 3.63) is 60.6 Å². The second-order valence-electron chi connectivity index (χ2n) is 7.40. The first-order valence-electron chi connectivity index (χ1n) is 9.67. The Morgan fingerprint density at radius 3 is 2.45 bits per heavy atom. The third-order valence-corrected chi connectivity index (χ3v) is 4.71. The lowest BCUT2D eigenvalue weighted by Crippen LogP contribution is -2.09. The van der Waals surface area contributed by atoms with Crippen LogP contribution in [0.4, 0.5) is 0 Å². The number of fused-ring (bicyclic) bond motifs is 1. The van der Waals surface area contributed by atoms with Gasteiger partial charge in [-0.15, -0.1) is 0 Å². The molecule has 0 aliphatic carbocycles. The number of aliphatic hydroxyl groups is 1. The molecule has 0 aliphatic rings. The molecule has 4 rings (SSSR count). The maximum Gasteiger partial charge on any atom is 0.127 e. The number of benzene rings is 2. The van der Waals surface area contributed by atoms with Crippen LogP contribution in [0.15, 0.2) is 55.0 Å². The molecule has 0 bridgehead atoms. The summed E-state index contributed by atoms with van der Waals surface area (Å²) >= 11 is 0. The minimum absolute atomic E-state index is 0.00531. The van der Waals surface area contributed by atoms with E-state index in [1.54, 1.807) is 17.9 Å². The quantitative estimate of drug-likeness (QED) is 0.543. The Morgan fingerprint density at radius 1 is 1.00 bits per heavy atom. The number of aromatic nitrogens is 4. The Balaban J connectivity index is 1.96. The minimum Gasteiger partial charge on any atom is -0.491 e. The van der Waals surface area contributed by atoms with Crippen LogP contribution >= 0.6 is 0 Å². The molecule has 0 saturated heterocycles. The summed E-state index contributed by atoms with van der Waals surface area (Å²) in [5.41, 5.74) is 5.05. The van der Waals surface area contributed by atoms with Gasteiger partial charge in [-0.1, -0.05) is 30.3 Å². The Hall–Kier alpha value is -3.25. The van der Waals surface area contributed by atoms with E-state index < -0.39 is 6.10 Å². The normalized spacial score (nSPS) is 12.5. The van der Waals surface area contributed by atoms with Gasteiger partial charge in [0.25, 0.3) is 0 Å². The number of hydrogen-bond acceptors (Lipinski definition) is 5. The molecule has 0 saturated carbocycles. The monoisotopic (exact) mass is 388 g/mol. The standard InChI is InChI=1S/C23H24N4O2/c1-14(2)29-21-11-20-18(10-17(21)15(3)28)23(25-13-24-20)19-12-27(4)26-22(19)16-8-6-5-7-9-16/h5-15,28H,1-4H3/t15-/m0/s1. The molecule has 0 radical (unpaired) electrons. The fraction of sp³-hybridized carbons (Fsp3) is 0.261. The molecule has 2 aromatic carbocycles. The van der Waals surface area contributed by atoms with Crippen LogP contribution in [0.3, 0.4) is 0 Å². The summed E-state index contributed by atoms with van der Waals surface area (Å²) in [6.07, 6.45) is 2.84. The molecule has 0 fully saturated rings. The molecule has 2 heterocycles. The topological polar surface area (TPSA) is 73.1 Å². The van der Waals surface area contributed by atoms with Crippen LogP contribution in [0.25, 0.3) is 33.4 Å². The lowest BCUT2D eigenvalue weighted by atomic mass is 9.99. The lowest BCUT2D eigenvalue weighted by molar-refractivity contribution is 0.183. The zero-order chi connectivity index (χ0) is 20.5. The van der Waals surface area contributed by atoms with E-state index in [0.717, 1.165) is 33.4 Å². The number of aliphatic hydroxyl groups excluding tert-OH is 1. The molecular formula is C23H24N4O2. The Labute approximate surface area is 169 Å². The maximum absolute atomic E-state index is 10.3. The van der Waals surface area contributed by atoms with Gasteiger partial charge in [0.2, 0.25) is 0 Å². The summed E-state index contributed by atoms with van der Waals surface area (Å²) < 4.78 is 7.71. The van der Waals surface area contributed by atoms with Crippen LogP contribution in [0.1, 0.15) is 32.4 Å². The van der Waals surface area contributed by atoms with Crippen molar-refractivity contribution >= 4 is 10.9 Å². The van der Waals surface area contributed by atoms with Crippen molar-refractivity contribution in [1.29, 1.82) is 0 Å². The lowest BCUT2D eigenvalue weighted by Gasteiger charge is -2.17. The van der Waals surface area contributed by atoms with E-state index >= 15 is 0 Å². The van der Waals surface area contributed by atoms with Gasteiger partial charge in [-0.3, -0.25) is 4.68 Å². The summed E-state index contributed by atoms with van der Waals surface area (Å²) in [7, 11) is 1.90. The Morgan fingerprint density at radius 2 is 1.76 bits per heavy atom. The fourth-order valence-electron chi connectivity index (χ4n) is 3.47. The molecular weight excluding hydrogens is 364 g/mol. The van der Waals surface area contributed by atoms with E-state index in [4.69, 9.17) is 4.74 Å². The van der Waals surface area contributed by atoms with Gasteiger partial charge < -0.3 is 9.84 Å². The molecule has 0 aliphatic heterocycles. The van der Waals surface area contributed by atoms with Crippen LogP contribution in [0.5, 0.6) is 5.75 Å². The zero-order valence-corrected chi connectivity index (χ0v) is 17.0. The first-order chi connectivity index (χ1) is 13.9. The van der Waals surface area contributed by atoms with Gasteiger partial charge in [-0.05, 0) is 26.8 Å². The predicted octanol–water partition coefficient (Wildman–Crippen LogP) is 4.54. The van der Waals surface area contributed by atoms with E-state index in [-0.39, 0.29) is 6.10 Å². The average molecular weight is 388 g/mol. The summed E-state index contributed by atoms with van der Waals surface area (Å²) in [5, 5.41) is 15.9. The predicted molar refractivity (Wildman–Crippen MR) is 114 cm³/mol. The molecule has 1 N–H and O–H groups in total. The SMILES string of the molecule is CC(C)Oc1cc2ncnc(-c3cn(C)nc3-c3ccccc3)c2cc1[C@H](C)O. The number of rotatable bonds is 5. The van der Waals surface area contributed by atoms with Gasteiger partial charge in [-0.25, -0.2) is 9.97 Å². The Kier molecular flexibility index (Phi) is 5.03. The van der Waals surface area contributed by atoms with E-state index in [1.807, 2.05) is 69.6 Å². The summed E-state index contributed by atoms with van der Waals surface area (Å²) in [6.45, 7) is 5.66. The Bertz CT molecular complexity index is 1150. The molecule has 0 unspecified atom stereocenters. The first-order valence-corrected chi connectivity index (χ1v) is 9.67. The molecule has 2 aromatic heterocycles. The highest BCUT2D eigenvalue weighted by Gasteiger charge is 2.19. The van der Waals surface area contributed by atoms with Crippen LogP contribution in [0, 0.1) is 0 Å².